The van der Waals surface area contributed by atoms with E-state index in [1.165, 1.54) is 0 Å². The normalized spacial score (nSPS) is 10.2. The Morgan fingerprint density at radius 3 is 2.25 bits per heavy atom. The molecule has 1 aromatic carbocycles. The Bertz CT molecular complexity index is 416. The zero-order chi connectivity index (χ0) is 15.0. The maximum atomic E-state index is 5.26. The van der Waals surface area contributed by atoms with Crippen molar-refractivity contribution in [2.45, 2.75) is 6.42 Å². The first-order chi connectivity index (χ1) is 9.55. The highest BCUT2D eigenvalue weighted by molar-refractivity contribution is 7.80. The van der Waals surface area contributed by atoms with E-state index in [1.54, 1.807) is 14.2 Å². The van der Waals surface area contributed by atoms with Gasteiger partial charge in [-0.3, -0.25) is 0 Å². The fourth-order valence-electron chi connectivity index (χ4n) is 1.65. The van der Waals surface area contributed by atoms with Gasteiger partial charge in [-0.1, -0.05) is 0 Å². The zero-order valence-corrected chi connectivity index (χ0v) is 13.3. The van der Waals surface area contributed by atoms with Crippen LogP contribution in [-0.2, 0) is 0 Å². The fourth-order valence-corrected chi connectivity index (χ4v) is 1.87. The zero-order valence-electron chi connectivity index (χ0n) is 12.5. The van der Waals surface area contributed by atoms with E-state index < -0.39 is 0 Å². The number of benzene rings is 1. The minimum Gasteiger partial charge on any atom is -0.497 e. The summed E-state index contributed by atoms with van der Waals surface area (Å²) in [5, 5.41) is 6.90. The lowest BCUT2D eigenvalue weighted by molar-refractivity contribution is 0.395. The molecule has 0 bridgehead atoms. The van der Waals surface area contributed by atoms with Gasteiger partial charge in [0.25, 0.3) is 0 Å². The molecule has 2 N–H and O–H groups in total. The van der Waals surface area contributed by atoms with E-state index in [0.29, 0.717) is 5.11 Å². The minimum absolute atomic E-state index is 0.596. The van der Waals surface area contributed by atoms with Gasteiger partial charge in [0.15, 0.2) is 5.11 Å². The van der Waals surface area contributed by atoms with Crippen molar-refractivity contribution in [2.24, 2.45) is 0 Å². The number of nitrogens with one attached hydrogen (secondary N) is 2. The molecule has 0 aliphatic heterocycles. The van der Waals surface area contributed by atoms with Gasteiger partial charge in [-0.05, 0) is 39.3 Å². The predicted octanol–water partition coefficient (Wildman–Crippen LogP) is 1.94. The summed E-state index contributed by atoms with van der Waals surface area (Å²) in [5.41, 5.74) is 0.839. The maximum absolute atomic E-state index is 5.26. The average Bonchev–Trinajstić information content (AvgIpc) is 2.42. The highest BCUT2D eigenvalue weighted by Crippen LogP contribution is 2.25. The Morgan fingerprint density at radius 2 is 1.75 bits per heavy atom. The van der Waals surface area contributed by atoms with Crippen LogP contribution in [-0.4, -0.2) is 51.4 Å². The SMILES string of the molecule is COc1cc(NC(=S)NCCCN(C)C)cc(OC)c1. The molecule has 1 aromatic rings. The molecule has 0 aliphatic carbocycles. The van der Waals surface area contributed by atoms with E-state index in [9.17, 15) is 0 Å². The fraction of sp³-hybridized carbons (Fsp3) is 0.500. The lowest BCUT2D eigenvalue weighted by Crippen LogP contribution is -2.30. The standard InChI is InChI=1S/C14H23N3O2S/c1-17(2)7-5-6-15-14(20)16-11-8-12(18-3)10-13(9-11)19-4/h8-10H,5-7H2,1-4H3,(H2,15,16,20). The number of ether oxygens (including phenoxy) is 2. The van der Waals surface area contributed by atoms with Crippen molar-refractivity contribution in [3.8, 4) is 11.5 Å². The van der Waals surface area contributed by atoms with Crippen LogP contribution in [0.5, 0.6) is 11.5 Å². The third-order valence-corrected chi connectivity index (χ3v) is 2.92. The Morgan fingerprint density at radius 1 is 1.15 bits per heavy atom. The number of nitrogens with zero attached hydrogens (tertiary/aromatic N) is 1. The van der Waals surface area contributed by atoms with Gasteiger partial charge in [0.1, 0.15) is 11.5 Å². The molecular weight excluding hydrogens is 274 g/mol. The first-order valence-electron chi connectivity index (χ1n) is 6.48. The first kappa shape index (κ1) is 16.5. The van der Waals surface area contributed by atoms with Crippen molar-refractivity contribution in [1.82, 2.24) is 10.2 Å². The van der Waals surface area contributed by atoms with Crippen molar-refractivity contribution in [2.75, 3.05) is 46.7 Å². The summed E-state index contributed by atoms with van der Waals surface area (Å²) in [7, 11) is 7.35. The van der Waals surface area contributed by atoms with Crippen LogP contribution in [0.2, 0.25) is 0 Å². The van der Waals surface area contributed by atoms with Crippen LogP contribution in [0.3, 0.4) is 0 Å². The van der Waals surface area contributed by atoms with Crippen LogP contribution in [0.15, 0.2) is 18.2 Å². The van der Waals surface area contributed by atoms with Crippen molar-refractivity contribution >= 4 is 23.0 Å². The van der Waals surface area contributed by atoms with E-state index >= 15 is 0 Å². The van der Waals surface area contributed by atoms with Crippen molar-refractivity contribution in [1.29, 1.82) is 0 Å². The second-order valence-electron chi connectivity index (χ2n) is 4.64. The van der Waals surface area contributed by atoms with Crippen molar-refractivity contribution in [3.05, 3.63) is 18.2 Å². The summed E-state index contributed by atoms with van der Waals surface area (Å²) < 4.78 is 10.4. The monoisotopic (exact) mass is 297 g/mol. The van der Waals surface area contributed by atoms with E-state index in [2.05, 4.69) is 29.6 Å². The van der Waals surface area contributed by atoms with Gasteiger partial charge in [0, 0.05) is 30.4 Å². The van der Waals surface area contributed by atoms with E-state index in [0.717, 1.165) is 36.7 Å². The molecule has 0 atom stereocenters. The third kappa shape index (κ3) is 6.08. The van der Waals surface area contributed by atoms with E-state index in [-0.39, 0.29) is 0 Å². The van der Waals surface area contributed by atoms with Crippen molar-refractivity contribution < 1.29 is 9.47 Å². The molecule has 0 saturated carbocycles. The summed E-state index contributed by atoms with van der Waals surface area (Å²) >= 11 is 5.26. The molecule has 0 aromatic heterocycles. The molecule has 0 aliphatic rings. The second kappa shape index (κ2) is 8.60. The lowest BCUT2D eigenvalue weighted by atomic mass is 10.3. The lowest BCUT2D eigenvalue weighted by Gasteiger charge is -2.14. The molecule has 0 unspecified atom stereocenters. The largest absolute Gasteiger partial charge is 0.497 e. The molecule has 0 spiro atoms. The van der Waals surface area contributed by atoms with Crippen LogP contribution >= 0.6 is 12.2 Å². The molecule has 20 heavy (non-hydrogen) atoms. The Hall–Kier alpha value is -1.53. The highest BCUT2D eigenvalue weighted by Gasteiger charge is 2.03. The van der Waals surface area contributed by atoms with Gasteiger partial charge >= 0.3 is 0 Å². The van der Waals surface area contributed by atoms with Crippen LogP contribution in [0.4, 0.5) is 5.69 Å². The number of anilines is 1. The predicted molar refractivity (Wildman–Crippen MR) is 86.9 cm³/mol. The van der Waals surface area contributed by atoms with Crippen LogP contribution in [0.25, 0.3) is 0 Å². The Labute approximate surface area is 126 Å². The van der Waals surface area contributed by atoms with Gasteiger partial charge in [0.2, 0.25) is 0 Å². The third-order valence-electron chi connectivity index (χ3n) is 2.68. The molecule has 1 rings (SSSR count). The van der Waals surface area contributed by atoms with Gasteiger partial charge in [0.05, 0.1) is 14.2 Å². The molecule has 112 valence electrons. The summed E-state index contributed by atoms with van der Waals surface area (Å²) in [5.74, 6) is 1.45. The Balaban J connectivity index is 2.48. The summed E-state index contributed by atoms with van der Waals surface area (Å²) in [6.45, 7) is 1.87. The smallest absolute Gasteiger partial charge is 0.170 e. The first-order valence-corrected chi connectivity index (χ1v) is 6.88. The molecule has 0 saturated heterocycles. The summed E-state index contributed by atoms with van der Waals surface area (Å²) in [4.78, 5) is 2.14. The van der Waals surface area contributed by atoms with E-state index in [4.69, 9.17) is 21.7 Å². The number of methoxy groups -OCH3 is 2. The number of hydrogen-bond donors (Lipinski definition) is 2. The van der Waals surface area contributed by atoms with Gasteiger partial charge < -0.3 is 25.0 Å². The van der Waals surface area contributed by atoms with E-state index in [1.807, 2.05) is 18.2 Å². The molecular formula is C14H23N3O2S. The molecule has 6 heteroatoms. The number of thiocarbonyl (C=S) groups is 1. The minimum atomic E-state index is 0.596. The van der Waals surface area contributed by atoms with Gasteiger partial charge in [-0.25, -0.2) is 0 Å². The molecule has 0 amide bonds. The number of rotatable bonds is 7. The maximum Gasteiger partial charge on any atom is 0.170 e. The van der Waals surface area contributed by atoms with Crippen molar-refractivity contribution in [3.63, 3.8) is 0 Å². The quantitative estimate of drug-likeness (QED) is 0.592. The highest BCUT2D eigenvalue weighted by atomic mass is 32.1. The molecule has 0 fully saturated rings. The summed E-state index contributed by atoms with van der Waals surface area (Å²) in [6.07, 6.45) is 1.04. The van der Waals surface area contributed by atoms with Crippen LogP contribution in [0.1, 0.15) is 6.42 Å². The van der Waals surface area contributed by atoms with Gasteiger partial charge in [-0.2, -0.15) is 0 Å². The molecule has 0 radical (unpaired) electrons. The molecule has 5 nitrogen and oxygen atoms in total. The van der Waals surface area contributed by atoms with Crippen LogP contribution < -0.4 is 20.1 Å². The summed E-state index contributed by atoms with van der Waals surface area (Å²) in [6, 6.07) is 5.56. The Kier molecular flexibility index (Phi) is 7.11. The topological polar surface area (TPSA) is 45.8 Å². The van der Waals surface area contributed by atoms with Crippen LogP contribution in [0, 0.1) is 0 Å². The average molecular weight is 297 g/mol. The molecule has 0 heterocycles. The number of hydrogen-bond acceptors (Lipinski definition) is 4. The second-order valence-corrected chi connectivity index (χ2v) is 5.05. The van der Waals surface area contributed by atoms with Gasteiger partial charge in [-0.15, -0.1) is 0 Å².